The molecule has 0 saturated heterocycles. The second-order valence-electron chi connectivity index (χ2n) is 4.94. The lowest BCUT2D eigenvalue weighted by atomic mass is 10.2. The number of hydrogen-bond acceptors (Lipinski definition) is 4. The summed E-state index contributed by atoms with van der Waals surface area (Å²) in [4.78, 5) is 12.5. The average Bonchev–Trinajstić information content (AvgIpc) is 2.90. The summed E-state index contributed by atoms with van der Waals surface area (Å²) in [7, 11) is 1.61. The lowest BCUT2D eigenvalue weighted by Crippen LogP contribution is -2.00. The normalized spacial score (nSPS) is 10.7. The summed E-state index contributed by atoms with van der Waals surface area (Å²) in [5, 5.41) is 9.25. The van der Waals surface area contributed by atoms with Gasteiger partial charge < -0.3 is 14.6 Å². The molecule has 0 atom stereocenters. The highest BCUT2D eigenvalue weighted by Gasteiger charge is 2.18. The van der Waals surface area contributed by atoms with Crippen LogP contribution in [0.4, 0.5) is 0 Å². The Morgan fingerprint density at radius 2 is 2.10 bits per heavy atom. The van der Waals surface area contributed by atoms with Crippen molar-refractivity contribution in [3.05, 3.63) is 45.6 Å². The van der Waals surface area contributed by atoms with Gasteiger partial charge in [0, 0.05) is 4.88 Å². The molecule has 1 heterocycles. The van der Waals surface area contributed by atoms with Crippen molar-refractivity contribution in [2.75, 3.05) is 7.11 Å². The molecule has 0 bridgehead atoms. The molecule has 21 heavy (non-hydrogen) atoms. The second-order valence-corrected chi connectivity index (χ2v) is 6.03. The van der Waals surface area contributed by atoms with E-state index < -0.39 is 5.97 Å². The summed E-state index contributed by atoms with van der Waals surface area (Å²) >= 11 is 1.27. The lowest BCUT2D eigenvalue weighted by Gasteiger charge is -2.07. The van der Waals surface area contributed by atoms with E-state index in [4.69, 9.17) is 9.47 Å². The van der Waals surface area contributed by atoms with Gasteiger partial charge in [-0.3, -0.25) is 0 Å². The van der Waals surface area contributed by atoms with E-state index in [-0.39, 0.29) is 10.8 Å². The third kappa shape index (κ3) is 3.76. The zero-order valence-electron chi connectivity index (χ0n) is 12.3. The monoisotopic (exact) mass is 306 g/mol. The largest absolute Gasteiger partial charge is 0.497 e. The molecule has 0 spiro atoms. The Labute approximate surface area is 128 Å². The van der Waals surface area contributed by atoms with Crippen molar-refractivity contribution in [2.24, 2.45) is 0 Å². The SMILES string of the molecule is COc1cccc(COc2cc(C(C)C)sc2C(=O)O)c1. The zero-order chi connectivity index (χ0) is 15.4. The van der Waals surface area contributed by atoms with Gasteiger partial charge in [0.05, 0.1) is 7.11 Å². The zero-order valence-corrected chi connectivity index (χ0v) is 13.1. The minimum atomic E-state index is -0.951. The fourth-order valence-electron chi connectivity index (χ4n) is 1.86. The van der Waals surface area contributed by atoms with Gasteiger partial charge in [-0.25, -0.2) is 4.79 Å². The summed E-state index contributed by atoms with van der Waals surface area (Å²) in [5.74, 6) is 0.511. The van der Waals surface area contributed by atoms with Crippen LogP contribution in [0.15, 0.2) is 30.3 Å². The summed E-state index contributed by atoms with van der Waals surface area (Å²) < 4.78 is 10.8. The standard InChI is InChI=1S/C16H18O4S/c1-10(2)14-8-13(15(21-14)16(17)18)20-9-11-5-4-6-12(7-11)19-3/h4-8,10H,9H2,1-3H3,(H,17,18). The van der Waals surface area contributed by atoms with Gasteiger partial charge >= 0.3 is 5.97 Å². The molecule has 0 aliphatic carbocycles. The van der Waals surface area contributed by atoms with Gasteiger partial charge in [-0.1, -0.05) is 26.0 Å². The van der Waals surface area contributed by atoms with E-state index in [0.29, 0.717) is 12.4 Å². The van der Waals surface area contributed by atoms with Crippen LogP contribution in [0.3, 0.4) is 0 Å². The average molecular weight is 306 g/mol. The Hall–Kier alpha value is -2.01. The van der Waals surface area contributed by atoms with Gasteiger partial charge in [0.1, 0.15) is 18.1 Å². The van der Waals surface area contributed by atoms with Crippen molar-refractivity contribution in [3.8, 4) is 11.5 Å². The quantitative estimate of drug-likeness (QED) is 0.870. The van der Waals surface area contributed by atoms with Crippen LogP contribution in [0.2, 0.25) is 0 Å². The third-order valence-electron chi connectivity index (χ3n) is 3.01. The van der Waals surface area contributed by atoms with E-state index in [1.54, 1.807) is 7.11 Å². The highest BCUT2D eigenvalue weighted by atomic mass is 32.1. The van der Waals surface area contributed by atoms with E-state index in [1.165, 1.54) is 11.3 Å². The Balaban J connectivity index is 2.16. The van der Waals surface area contributed by atoms with Gasteiger partial charge in [-0.2, -0.15) is 0 Å². The van der Waals surface area contributed by atoms with Crippen LogP contribution in [-0.4, -0.2) is 18.2 Å². The molecular weight excluding hydrogens is 288 g/mol. The topological polar surface area (TPSA) is 55.8 Å². The maximum absolute atomic E-state index is 11.3. The molecule has 0 aliphatic heterocycles. The molecule has 0 unspecified atom stereocenters. The molecule has 1 aromatic carbocycles. The number of thiophene rings is 1. The van der Waals surface area contributed by atoms with Crippen LogP contribution in [0.5, 0.6) is 11.5 Å². The van der Waals surface area contributed by atoms with E-state index in [0.717, 1.165) is 16.2 Å². The molecule has 0 radical (unpaired) electrons. The maximum atomic E-state index is 11.3. The van der Waals surface area contributed by atoms with Crippen LogP contribution in [0.25, 0.3) is 0 Å². The fourth-order valence-corrected chi connectivity index (χ4v) is 2.80. The summed E-state index contributed by atoms with van der Waals surface area (Å²) in [6, 6.07) is 9.34. The summed E-state index contributed by atoms with van der Waals surface area (Å²) in [6.45, 7) is 4.37. The molecule has 0 fully saturated rings. The number of aromatic carboxylic acids is 1. The molecule has 5 heteroatoms. The predicted octanol–water partition coefficient (Wildman–Crippen LogP) is 4.16. The maximum Gasteiger partial charge on any atom is 0.349 e. The van der Waals surface area contributed by atoms with Crippen LogP contribution in [0, 0.1) is 0 Å². The van der Waals surface area contributed by atoms with E-state index in [2.05, 4.69) is 0 Å². The van der Waals surface area contributed by atoms with Crippen molar-refractivity contribution in [1.29, 1.82) is 0 Å². The minimum absolute atomic E-state index is 0.251. The highest BCUT2D eigenvalue weighted by Crippen LogP contribution is 2.34. The van der Waals surface area contributed by atoms with Crippen molar-refractivity contribution in [3.63, 3.8) is 0 Å². The molecule has 2 aromatic rings. The number of methoxy groups -OCH3 is 1. The highest BCUT2D eigenvalue weighted by molar-refractivity contribution is 7.14. The van der Waals surface area contributed by atoms with Crippen LogP contribution >= 0.6 is 11.3 Å². The van der Waals surface area contributed by atoms with Gasteiger partial charge in [0.2, 0.25) is 0 Å². The molecule has 0 aliphatic rings. The van der Waals surface area contributed by atoms with E-state index >= 15 is 0 Å². The smallest absolute Gasteiger partial charge is 0.349 e. The Morgan fingerprint density at radius 1 is 1.33 bits per heavy atom. The van der Waals surface area contributed by atoms with Crippen LogP contribution in [-0.2, 0) is 6.61 Å². The van der Waals surface area contributed by atoms with Crippen molar-refractivity contribution in [2.45, 2.75) is 26.4 Å². The second kappa shape index (κ2) is 6.63. The number of carboxylic acid groups (broad SMARTS) is 1. The first-order valence-corrected chi connectivity index (χ1v) is 7.45. The molecule has 0 amide bonds. The fraction of sp³-hybridized carbons (Fsp3) is 0.312. The first-order chi connectivity index (χ1) is 10.0. The molecule has 0 saturated carbocycles. The van der Waals surface area contributed by atoms with Gasteiger partial charge in [0.25, 0.3) is 0 Å². The van der Waals surface area contributed by atoms with Crippen LogP contribution in [0.1, 0.15) is 39.9 Å². The Kier molecular flexibility index (Phi) is 4.85. The van der Waals surface area contributed by atoms with Crippen molar-refractivity contribution in [1.82, 2.24) is 0 Å². The molecule has 2 rings (SSSR count). The van der Waals surface area contributed by atoms with Crippen LogP contribution < -0.4 is 9.47 Å². The van der Waals surface area contributed by atoms with Gasteiger partial charge in [-0.15, -0.1) is 11.3 Å². The predicted molar refractivity (Wildman–Crippen MR) is 82.7 cm³/mol. The first kappa shape index (κ1) is 15.4. The van der Waals surface area contributed by atoms with Gasteiger partial charge in [0.15, 0.2) is 4.88 Å². The number of hydrogen-bond donors (Lipinski definition) is 1. The number of carbonyl (C=O) groups is 1. The molecule has 112 valence electrons. The Morgan fingerprint density at radius 3 is 2.71 bits per heavy atom. The number of benzene rings is 1. The van der Waals surface area contributed by atoms with E-state index in [1.807, 2.05) is 44.2 Å². The minimum Gasteiger partial charge on any atom is -0.497 e. The van der Waals surface area contributed by atoms with Gasteiger partial charge in [-0.05, 0) is 29.7 Å². The molecule has 4 nitrogen and oxygen atoms in total. The van der Waals surface area contributed by atoms with E-state index in [9.17, 15) is 9.90 Å². The van der Waals surface area contributed by atoms with Crippen molar-refractivity contribution >= 4 is 17.3 Å². The molecular formula is C16H18O4S. The first-order valence-electron chi connectivity index (χ1n) is 6.64. The third-order valence-corrected chi connectivity index (χ3v) is 4.41. The number of rotatable bonds is 6. The molecule has 1 aromatic heterocycles. The number of ether oxygens (including phenoxy) is 2. The number of carboxylic acids is 1. The summed E-state index contributed by atoms with van der Waals surface area (Å²) in [6.07, 6.45) is 0. The molecule has 1 N–H and O–H groups in total. The van der Waals surface area contributed by atoms with Crippen molar-refractivity contribution < 1.29 is 19.4 Å². The Bertz CT molecular complexity index is 631. The summed E-state index contributed by atoms with van der Waals surface area (Å²) in [5.41, 5.74) is 0.933. The lowest BCUT2D eigenvalue weighted by molar-refractivity contribution is 0.0697.